The number of ether oxygens (including phenoxy) is 1. The Morgan fingerprint density at radius 2 is 1.95 bits per heavy atom. The Morgan fingerprint density at radius 3 is 2.68 bits per heavy atom. The summed E-state index contributed by atoms with van der Waals surface area (Å²) < 4.78 is 5.69. The van der Waals surface area contributed by atoms with Gasteiger partial charge < -0.3 is 10.5 Å². The van der Waals surface area contributed by atoms with Crippen LogP contribution in [0.25, 0.3) is 0 Å². The summed E-state index contributed by atoms with van der Waals surface area (Å²) in [5.41, 5.74) is 7.48. The third kappa shape index (κ3) is 4.38. The van der Waals surface area contributed by atoms with Gasteiger partial charge in [-0.3, -0.25) is 0 Å². The third-order valence-electron chi connectivity index (χ3n) is 2.49. The lowest BCUT2D eigenvalue weighted by Crippen LogP contribution is -1.95. The minimum atomic E-state index is 0.376. The Hall–Kier alpha value is -1.31. The third-order valence-corrected chi connectivity index (χ3v) is 3.63. The van der Waals surface area contributed by atoms with E-state index in [0.29, 0.717) is 19.8 Å². The summed E-state index contributed by atoms with van der Waals surface area (Å²) in [6.07, 6.45) is 0. The molecule has 0 unspecified atom stereocenters. The van der Waals surface area contributed by atoms with Gasteiger partial charge >= 0.3 is 0 Å². The lowest BCUT2D eigenvalue weighted by molar-refractivity contribution is 0.109. The van der Waals surface area contributed by atoms with Crippen LogP contribution in [-0.2, 0) is 18.0 Å². The first kappa shape index (κ1) is 14.1. The summed E-state index contributed by atoms with van der Waals surface area (Å²) in [6, 6.07) is 9.65. The van der Waals surface area contributed by atoms with Crippen molar-refractivity contribution in [2.24, 2.45) is 5.73 Å². The minimum absolute atomic E-state index is 0.376. The van der Waals surface area contributed by atoms with Gasteiger partial charge in [-0.25, -0.2) is 0 Å². The second-order valence-corrected chi connectivity index (χ2v) is 5.32. The van der Waals surface area contributed by atoms with E-state index in [1.165, 1.54) is 0 Å². The highest BCUT2D eigenvalue weighted by atomic mass is 35.5. The van der Waals surface area contributed by atoms with E-state index in [9.17, 15) is 0 Å². The summed E-state index contributed by atoms with van der Waals surface area (Å²) in [4.78, 5) is 1.13. The van der Waals surface area contributed by atoms with E-state index < -0.39 is 0 Å². The average Bonchev–Trinajstić information content (AvgIpc) is 2.86. The van der Waals surface area contributed by atoms with Crippen LogP contribution in [0.1, 0.15) is 16.0 Å². The fraction of sp³-hybridized carbons (Fsp3) is 0.200. The smallest absolute Gasteiger partial charge is 0.0826 e. The first-order chi connectivity index (χ1) is 9.29. The molecule has 0 aliphatic rings. The quantitative estimate of drug-likeness (QED) is 0.876. The Kier molecular flexibility index (Phi) is 5.44. The highest BCUT2D eigenvalue weighted by Crippen LogP contribution is 2.18. The zero-order valence-electron chi connectivity index (χ0n) is 10.4. The van der Waals surface area contributed by atoms with Crippen LogP contribution < -0.4 is 5.73 Å². The van der Waals surface area contributed by atoms with Gasteiger partial charge in [-0.1, -0.05) is 35.6 Å². The molecule has 2 N–H and O–H groups in total. The number of halogens is 1. The number of benzene rings is 1. The molecule has 1 heterocycles. The number of hydrogen-bond donors (Lipinski definition) is 1. The van der Waals surface area contributed by atoms with Crippen LogP contribution in [0.15, 0.2) is 35.7 Å². The molecule has 0 bridgehead atoms. The fourth-order valence-corrected chi connectivity index (χ4v) is 2.44. The molecule has 1 aromatic carbocycles. The van der Waals surface area contributed by atoms with Crippen molar-refractivity contribution in [1.82, 2.24) is 0 Å². The van der Waals surface area contributed by atoms with Crippen molar-refractivity contribution in [3.05, 3.63) is 56.7 Å². The molecular formula is C15H14ClNOS. The van der Waals surface area contributed by atoms with E-state index in [0.717, 1.165) is 21.0 Å². The van der Waals surface area contributed by atoms with E-state index in [-0.39, 0.29) is 0 Å². The number of thiophene rings is 1. The first-order valence-electron chi connectivity index (χ1n) is 5.87. The molecule has 0 aliphatic heterocycles. The van der Waals surface area contributed by atoms with Gasteiger partial charge in [0.05, 0.1) is 19.8 Å². The monoisotopic (exact) mass is 291 g/mol. The van der Waals surface area contributed by atoms with Gasteiger partial charge in [-0.15, -0.1) is 11.3 Å². The Balaban J connectivity index is 1.89. The van der Waals surface area contributed by atoms with Crippen LogP contribution in [0.5, 0.6) is 0 Å². The normalized spacial score (nSPS) is 10.0. The second-order valence-electron chi connectivity index (χ2n) is 3.88. The molecule has 0 radical (unpaired) electrons. The molecule has 2 rings (SSSR count). The Morgan fingerprint density at radius 1 is 1.16 bits per heavy atom. The van der Waals surface area contributed by atoms with Gasteiger partial charge in [0.15, 0.2) is 0 Å². The summed E-state index contributed by atoms with van der Waals surface area (Å²) in [5.74, 6) is 5.91. The summed E-state index contributed by atoms with van der Waals surface area (Å²) in [6.45, 7) is 1.51. The van der Waals surface area contributed by atoms with E-state index in [1.807, 2.05) is 35.7 Å². The molecule has 4 heteroatoms. The van der Waals surface area contributed by atoms with Crippen molar-refractivity contribution < 1.29 is 4.74 Å². The second kappa shape index (κ2) is 7.32. The average molecular weight is 292 g/mol. The minimum Gasteiger partial charge on any atom is -0.371 e. The van der Waals surface area contributed by atoms with Crippen LogP contribution >= 0.6 is 22.9 Å². The fourth-order valence-electron chi connectivity index (χ4n) is 1.55. The lowest BCUT2D eigenvalue weighted by Gasteiger charge is -2.03. The molecule has 0 saturated carbocycles. The summed E-state index contributed by atoms with van der Waals surface area (Å²) in [5, 5.41) is 2.75. The van der Waals surface area contributed by atoms with E-state index >= 15 is 0 Å². The van der Waals surface area contributed by atoms with E-state index in [1.54, 1.807) is 11.3 Å². The largest absolute Gasteiger partial charge is 0.371 e. The van der Waals surface area contributed by atoms with Crippen molar-refractivity contribution in [2.45, 2.75) is 13.2 Å². The molecule has 0 aliphatic carbocycles. The molecule has 2 aromatic rings. The molecule has 19 heavy (non-hydrogen) atoms. The van der Waals surface area contributed by atoms with Gasteiger partial charge in [0.25, 0.3) is 0 Å². The first-order valence-corrected chi connectivity index (χ1v) is 7.13. The van der Waals surface area contributed by atoms with Crippen molar-refractivity contribution in [3.63, 3.8) is 0 Å². The zero-order valence-corrected chi connectivity index (χ0v) is 11.9. The molecule has 0 atom stereocenters. The Bertz CT molecular complexity index is 580. The van der Waals surface area contributed by atoms with Gasteiger partial charge in [0, 0.05) is 15.5 Å². The van der Waals surface area contributed by atoms with Crippen molar-refractivity contribution >= 4 is 22.9 Å². The van der Waals surface area contributed by atoms with Crippen molar-refractivity contribution in [1.29, 1.82) is 0 Å². The zero-order chi connectivity index (χ0) is 13.5. The maximum absolute atomic E-state index is 5.83. The van der Waals surface area contributed by atoms with Crippen LogP contribution in [-0.4, -0.2) is 6.54 Å². The number of nitrogens with two attached hydrogens (primary N) is 1. The molecule has 0 saturated heterocycles. The Labute approximate surface area is 122 Å². The topological polar surface area (TPSA) is 35.2 Å². The van der Waals surface area contributed by atoms with Gasteiger partial charge in [-0.05, 0) is 29.1 Å². The van der Waals surface area contributed by atoms with Crippen LogP contribution in [0.4, 0.5) is 0 Å². The van der Waals surface area contributed by atoms with E-state index in [4.69, 9.17) is 22.1 Å². The highest BCUT2D eigenvalue weighted by Gasteiger charge is 2.02. The van der Waals surface area contributed by atoms with Crippen LogP contribution in [0, 0.1) is 11.8 Å². The molecule has 2 nitrogen and oxygen atoms in total. The van der Waals surface area contributed by atoms with Gasteiger partial charge in [0.2, 0.25) is 0 Å². The van der Waals surface area contributed by atoms with Gasteiger partial charge in [-0.2, -0.15) is 0 Å². The lowest BCUT2D eigenvalue weighted by atomic mass is 10.2. The maximum Gasteiger partial charge on any atom is 0.0826 e. The predicted octanol–water partition coefficient (Wildman–Crippen LogP) is 3.43. The van der Waals surface area contributed by atoms with Crippen molar-refractivity contribution in [3.8, 4) is 11.8 Å². The molecule has 0 spiro atoms. The van der Waals surface area contributed by atoms with Crippen LogP contribution in [0.2, 0.25) is 5.02 Å². The maximum atomic E-state index is 5.83. The van der Waals surface area contributed by atoms with E-state index in [2.05, 4.69) is 11.8 Å². The molecule has 1 aromatic heterocycles. The molecule has 0 amide bonds. The summed E-state index contributed by atoms with van der Waals surface area (Å²) >= 11 is 7.48. The van der Waals surface area contributed by atoms with Gasteiger partial charge in [0.1, 0.15) is 0 Å². The summed E-state index contributed by atoms with van der Waals surface area (Å²) in [7, 11) is 0. The highest BCUT2D eigenvalue weighted by molar-refractivity contribution is 7.10. The SMILES string of the molecule is NCC#Cc1ccsc1COCc1ccc(Cl)cc1. The number of hydrogen-bond acceptors (Lipinski definition) is 3. The molecule has 0 fully saturated rings. The molecule has 98 valence electrons. The standard InChI is InChI=1S/C15H14ClNOS/c16-14-5-3-12(4-6-14)10-18-11-15-13(2-1-8-17)7-9-19-15/h3-7,9H,8,10-11,17H2. The van der Waals surface area contributed by atoms with Crippen LogP contribution in [0.3, 0.4) is 0 Å². The number of rotatable bonds is 4. The predicted molar refractivity (Wildman–Crippen MR) is 80.2 cm³/mol. The molecular weight excluding hydrogens is 278 g/mol. The van der Waals surface area contributed by atoms with Crippen molar-refractivity contribution in [2.75, 3.05) is 6.54 Å².